The Morgan fingerprint density at radius 1 is 1.50 bits per heavy atom. The predicted molar refractivity (Wildman–Crippen MR) is 54.2 cm³/mol. The first-order valence-electron chi connectivity index (χ1n) is 4.84. The predicted octanol–water partition coefficient (Wildman–Crippen LogP) is 2.72. The summed E-state index contributed by atoms with van der Waals surface area (Å²) in [5.41, 5.74) is -0.382. The first-order valence-corrected chi connectivity index (χ1v) is 4.84. The Balaban J connectivity index is 3.39. The zero-order valence-corrected chi connectivity index (χ0v) is 9.21. The second-order valence-electron chi connectivity index (χ2n) is 3.32. The molecule has 1 aromatic rings. The van der Waals surface area contributed by atoms with E-state index in [1.54, 1.807) is 13.0 Å². The van der Waals surface area contributed by atoms with Crippen molar-refractivity contribution in [1.29, 1.82) is 5.26 Å². The van der Waals surface area contributed by atoms with Crippen molar-refractivity contribution >= 4 is 5.97 Å². The lowest BCUT2D eigenvalue weighted by molar-refractivity contribution is -0.274. The fourth-order valence-corrected chi connectivity index (χ4v) is 1.39. The Hall–Kier alpha value is -2.23. The van der Waals surface area contributed by atoms with Gasteiger partial charge in [0.15, 0.2) is 0 Å². The summed E-state index contributed by atoms with van der Waals surface area (Å²) in [4.78, 5) is 10.8. The van der Waals surface area contributed by atoms with Crippen molar-refractivity contribution < 1.29 is 27.8 Å². The Morgan fingerprint density at radius 2 is 2.11 bits per heavy atom. The number of carboxylic acid groups (broad SMARTS) is 1. The van der Waals surface area contributed by atoms with Gasteiger partial charge < -0.3 is 9.84 Å². The molecule has 0 aromatic heterocycles. The summed E-state index contributed by atoms with van der Waals surface area (Å²) in [5, 5.41) is 17.6. The summed E-state index contributed by atoms with van der Waals surface area (Å²) in [6.07, 6.45) is -4.69. The van der Waals surface area contributed by atoms with Crippen LogP contribution in [0.5, 0.6) is 5.75 Å². The van der Waals surface area contributed by atoms with Crippen molar-refractivity contribution in [1.82, 2.24) is 0 Å². The van der Waals surface area contributed by atoms with Crippen LogP contribution in [-0.2, 0) is 6.42 Å². The molecule has 7 heteroatoms. The number of carbonyl (C=O) groups is 1. The molecule has 96 valence electrons. The van der Waals surface area contributed by atoms with E-state index in [0.29, 0.717) is 5.56 Å². The fourth-order valence-electron chi connectivity index (χ4n) is 1.39. The molecule has 0 aliphatic carbocycles. The number of aryl methyl sites for hydroxylation is 1. The van der Waals surface area contributed by atoms with Gasteiger partial charge in [-0.25, -0.2) is 4.79 Å². The number of rotatable bonds is 3. The number of hydrogen-bond acceptors (Lipinski definition) is 3. The molecular weight excluding hydrogens is 251 g/mol. The van der Waals surface area contributed by atoms with Crippen molar-refractivity contribution in [3.8, 4) is 11.8 Å². The van der Waals surface area contributed by atoms with Crippen LogP contribution < -0.4 is 4.74 Å². The monoisotopic (exact) mass is 259 g/mol. The minimum Gasteiger partial charge on any atom is -0.478 e. The maximum Gasteiger partial charge on any atom is 0.573 e. The highest BCUT2D eigenvalue weighted by molar-refractivity contribution is 5.91. The third kappa shape index (κ3) is 3.13. The highest BCUT2D eigenvalue weighted by atomic mass is 19.4. The van der Waals surface area contributed by atoms with Crippen LogP contribution in [0.2, 0.25) is 0 Å². The number of hydrogen-bond donors (Lipinski definition) is 1. The second-order valence-corrected chi connectivity index (χ2v) is 3.32. The van der Waals surface area contributed by atoms with E-state index in [2.05, 4.69) is 4.74 Å². The van der Waals surface area contributed by atoms with E-state index in [9.17, 15) is 18.0 Å². The van der Waals surface area contributed by atoms with E-state index >= 15 is 0 Å². The molecule has 0 aliphatic heterocycles. The molecule has 1 N–H and O–H groups in total. The molecule has 0 radical (unpaired) electrons. The maximum absolute atomic E-state index is 12.1. The molecule has 0 saturated carbocycles. The molecule has 0 saturated heterocycles. The van der Waals surface area contributed by atoms with Gasteiger partial charge in [0.2, 0.25) is 0 Å². The largest absolute Gasteiger partial charge is 0.573 e. The summed E-state index contributed by atoms with van der Waals surface area (Å²) in [5.74, 6) is -2.40. The van der Waals surface area contributed by atoms with Crippen LogP contribution in [0.25, 0.3) is 0 Å². The summed E-state index contributed by atoms with van der Waals surface area (Å²) in [6, 6.07) is 3.53. The number of benzene rings is 1. The molecule has 0 heterocycles. The molecule has 0 fully saturated rings. The maximum atomic E-state index is 12.1. The lowest BCUT2D eigenvalue weighted by Gasteiger charge is -2.13. The fraction of sp³-hybridized carbons (Fsp3) is 0.273. The number of aromatic carboxylic acids is 1. The van der Waals surface area contributed by atoms with Gasteiger partial charge in [-0.2, -0.15) is 5.26 Å². The molecule has 0 unspecified atom stereocenters. The Kier molecular flexibility index (Phi) is 3.81. The zero-order chi connectivity index (χ0) is 13.9. The number of carboxylic acids is 1. The van der Waals surface area contributed by atoms with Gasteiger partial charge in [-0.05, 0) is 24.1 Å². The molecule has 1 aromatic carbocycles. The summed E-state index contributed by atoms with van der Waals surface area (Å²) >= 11 is 0. The van der Waals surface area contributed by atoms with Crippen molar-refractivity contribution in [3.05, 3.63) is 28.8 Å². The molecule has 18 heavy (non-hydrogen) atoms. The SMILES string of the molecule is CCc1cc(OC(F)(F)F)c(C(=O)O)cc1C#N. The first kappa shape index (κ1) is 13.8. The number of nitrogens with zero attached hydrogens (tertiary/aromatic N) is 1. The molecule has 0 bridgehead atoms. The Labute approximate surface area is 100 Å². The smallest absolute Gasteiger partial charge is 0.478 e. The average Bonchev–Trinajstić information content (AvgIpc) is 2.25. The van der Waals surface area contributed by atoms with Crippen LogP contribution in [0.15, 0.2) is 12.1 Å². The van der Waals surface area contributed by atoms with Gasteiger partial charge in [-0.15, -0.1) is 13.2 Å². The Morgan fingerprint density at radius 3 is 2.50 bits per heavy atom. The quantitative estimate of drug-likeness (QED) is 0.905. The van der Waals surface area contributed by atoms with Gasteiger partial charge in [-0.1, -0.05) is 6.92 Å². The summed E-state index contributed by atoms with van der Waals surface area (Å²) < 4.78 is 40.0. The van der Waals surface area contributed by atoms with Crippen LogP contribution in [0.3, 0.4) is 0 Å². The summed E-state index contributed by atoms with van der Waals surface area (Å²) in [6.45, 7) is 1.63. The molecule has 0 amide bonds. The average molecular weight is 259 g/mol. The highest BCUT2D eigenvalue weighted by Crippen LogP contribution is 2.29. The van der Waals surface area contributed by atoms with Gasteiger partial charge in [0.25, 0.3) is 0 Å². The van der Waals surface area contributed by atoms with Gasteiger partial charge >= 0.3 is 12.3 Å². The van der Waals surface area contributed by atoms with Gasteiger partial charge in [0.05, 0.1) is 11.6 Å². The van der Waals surface area contributed by atoms with Gasteiger partial charge in [-0.3, -0.25) is 0 Å². The van der Waals surface area contributed by atoms with Gasteiger partial charge in [0.1, 0.15) is 11.3 Å². The normalized spacial score (nSPS) is 10.8. The third-order valence-corrected chi connectivity index (χ3v) is 2.16. The van der Waals surface area contributed by atoms with Crippen LogP contribution in [0.1, 0.15) is 28.4 Å². The lowest BCUT2D eigenvalue weighted by atomic mass is 10.0. The van der Waals surface area contributed by atoms with E-state index in [1.165, 1.54) is 0 Å². The van der Waals surface area contributed by atoms with Crippen molar-refractivity contribution in [2.75, 3.05) is 0 Å². The second kappa shape index (κ2) is 4.96. The van der Waals surface area contributed by atoms with E-state index in [4.69, 9.17) is 10.4 Å². The molecule has 4 nitrogen and oxygen atoms in total. The molecule has 1 rings (SSSR count). The van der Waals surface area contributed by atoms with Crippen LogP contribution in [-0.4, -0.2) is 17.4 Å². The van der Waals surface area contributed by atoms with E-state index in [1.807, 2.05) is 0 Å². The first-order chi connectivity index (χ1) is 8.28. The molecule has 0 spiro atoms. The minimum atomic E-state index is -4.98. The number of alkyl halides is 3. The molecule has 0 atom stereocenters. The zero-order valence-electron chi connectivity index (χ0n) is 9.21. The van der Waals surface area contributed by atoms with E-state index in [0.717, 1.165) is 12.1 Å². The van der Waals surface area contributed by atoms with E-state index < -0.39 is 23.6 Å². The van der Waals surface area contributed by atoms with E-state index in [-0.39, 0.29) is 12.0 Å². The van der Waals surface area contributed by atoms with Crippen molar-refractivity contribution in [2.24, 2.45) is 0 Å². The topological polar surface area (TPSA) is 70.3 Å². The third-order valence-electron chi connectivity index (χ3n) is 2.16. The van der Waals surface area contributed by atoms with Crippen LogP contribution >= 0.6 is 0 Å². The van der Waals surface area contributed by atoms with Crippen LogP contribution in [0, 0.1) is 11.3 Å². The number of ether oxygens (including phenoxy) is 1. The summed E-state index contributed by atoms with van der Waals surface area (Å²) in [7, 11) is 0. The minimum absolute atomic E-state index is 0.0180. The lowest BCUT2D eigenvalue weighted by Crippen LogP contribution is -2.19. The highest BCUT2D eigenvalue weighted by Gasteiger charge is 2.33. The number of nitriles is 1. The van der Waals surface area contributed by atoms with Crippen molar-refractivity contribution in [3.63, 3.8) is 0 Å². The molecular formula is C11H8F3NO3. The van der Waals surface area contributed by atoms with Crippen LogP contribution in [0.4, 0.5) is 13.2 Å². The van der Waals surface area contributed by atoms with Gasteiger partial charge in [0, 0.05) is 0 Å². The standard InChI is InChI=1S/C11H8F3NO3/c1-2-6-4-9(18-11(12,13)14)8(10(16)17)3-7(6)5-15/h3-4H,2H2,1H3,(H,16,17). The van der Waals surface area contributed by atoms with Crippen molar-refractivity contribution in [2.45, 2.75) is 19.7 Å². The molecule has 0 aliphatic rings. The number of halogens is 3. The Bertz CT molecular complexity index is 517.